The van der Waals surface area contributed by atoms with Crippen molar-refractivity contribution in [2.45, 2.75) is 11.8 Å². The number of halogens is 1. The minimum atomic E-state index is -3.72. The van der Waals surface area contributed by atoms with Gasteiger partial charge in [-0.05, 0) is 36.8 Å². The van der Waals surface area contributed by atoms with Gasteiger partial charge in [-0.3, -0.25) is 4.72 Å². The minimum absolute atomic E-state index is 0.0503. The summed E-state index contributed by atoms with van der Waals surface area (Å²) in [6.45, 7) is 1.74. The third-order valence-electron chi connectivity index (χ3n) is 2.72. The number of para-hydroxylation sites is 1. The second kappa shape index (κ2) is 5.11. The van der Waals surface area contributed by atoms with Crippen molar-refractivity contribution in [2.24, 2.45) is 0 Å². The van der Waals surface area contributed by atoms with Crippen LogP contribution in [0.5, 0.6) is 0 Å². The molecule has 0 saturated heterocycles. The van der Waals surface area contributed by atoms with Crippen LogP contribution in [0.25, 0.3) is 0 Å². The lowest BCUT2D eigenvalue weighted by Gasteiger charge is -2.12. The summed E-state index contributed by atoms with van der Waals surface area (Å²) in [5.41, 5.74) is 7.00. The highest BCUT2D eigenvalue weighted by Crippen LogP contribution is 2.26. The number of nitrogens with two attached hydrogens (primary N) is 1. The Bertz CT molecular complexity index is 714. The highest BCUT2D eigenvalue weighted by molar-refractivity contribution is 7.92. The topological polar surface area (TPSA) is 72.2 Å². The Morgan fingerprint density at radius 3 is 2.47 bits per heavy atom. The van der Waals surface area contributed by atoms with Crippen molar-refractivity contribution in [3.8, 4) is 0 Å². The van der Waals surface area contributed by atoms with E-state index in [0.29, 0.717) is 16.3 Å². The average molecular weight is 297 g/mol. The maximum Gasteiger partial charge on any atom is 0.263 e. The Morgan fingerprint density at radius 2 is 1.79 bits per heavy atom. The number of rotatable bonds is 3. The molecule has 100 valence electrons. The Hall–Kier alpha value is -1.72. The molecule has 0 heterocycles. The largest absolute Gasteiger partial charge is 0.398 e. The van der Waals surface area contributed by atoms with Gasteiger partial charge in [0.2, 0.25) is 0 Å². The standard InChI is InChI=1S/C13H13ClN2O2S/c1-9-10(14)5-4-7-12(9)16-19(17,18)13-8-3-2-6-11(13)15/h2-8,16H,15H2,1H3. The summed E-state index contributed by atoms with van der Waals surface area (Å²) in [5.74, 6) is 0. The van der Waals surface area contributed by atoms with E-state index in [1.807, 2.05) is 0 Å². The first-order chi connectivity index (χ1) is 8.92. The van der Waals surface area contributed by atoms with Crippen LogP contribution in [-0.2, 0) is 10.0 Å². The molecule has 0 fully saturated rings. The Balaban J connectivity index is 2.43. The van der Waals surface area contributed by atoms with Crippen molar-refractivity contribution in [1.29, 1.82) is 0 Å². The summed E-state index contributed by atoms with van der Waals surface area (Å²) in [7, 11) is -3.72. The Labute approximate surface area is 117 Å². The summed E-state index contributed by atoms with van der Waals surface area (Å²) in [6, 6.07) is 11.3. The summed E-state index contributed by atoms with van der Waals surface area (Å²) >= 11 is 5.96. The van der Waals surface area contributed by atoms with Gasteiger partial charge in [0.1, 0.15) is 4.90 Å². The van der Waals surface area contributed by atoms with E-state index in [4.69, 9.17) is 17.3 Å². The molecule has 0 aromatic heterocycles. The summed E-state index contributed by atoms with van der Waals surface area (Å²) in [5, 5.41) is 0.501. The molecule has 0 atom stereocenters. The molecule has 0 radical (unpaired) electrons. The van der Waals surface area contributed by atoms with Gasteiger partial charge < -0.3 is 5.73 Å². The first kappa shape index (κ1) is 13.7. The van der Waals surface area contributed by atoms with Crippen molar-refractivity contribution in [1.82, 2.24) is 0 Å². The molecule has 2 rings (SSSR count). The average Bonchev–Trinajstić information content (AvgIpc) is 2.35. The Morgan fingerprint density at radius 1 is 1.11 bits per heavy atom. The molecular weight excluding hydrogens is 284 g/mol. The van der Waals surface area contributed by atoms with Crippen LogP contribution in [0.15, 0.2) is 47.4 Å². The fraction of sp³-hybridized carbons (Fsp3) is 0.0769. The quantitative estimate of drug-likeness (QED) is 0.855. The van der Waals surface area contributed by atoms with Gasteiger partial charge in [-0.25, -0.2) is 8.42 Å². The van der Waals surface area contributed by atoms with Gasteiger partial charge in [0, 0.05) is 5.02 Å². The molecule has 2 aromatic rings. The van der Waals surface area contributed by atoms with E-state index >= 15 is 0 Å². The van der Waals surface area contributed by atoms with Crippen LogP contribution in [-0.4, -0.2) is 8.42 Å². The van der Waals surface area contributed by atoms with Gasteiger partial charge >= 0.3 is 0 Å². The molecule has 0 spiro atoms. The minimum Gasteiger partial charge on any atom is -0.398 e. The summed E-state index contributed by atoms with van der Waals surface area (Å²) in [6.07, 6.45) is 0. The molecule has 19 heavy (non-hydrogen) atoms. The van der Waals surface area contributed by atoms with Crippen molar-refractivity contribution >= 4 is 33.0 Å². The maximum atomic E-state index is 12.3. The van der Waals surface area contributed by atoms with Gasteiger partial charge in [-0.15, -0.1) is 0 Å². The molecule has 0 saturated carbocycles. The van der Waals surface area contributed by atoms with E-state index in [-0.39, 0.29) is 10.6 Å². The number of nitrogen functional groups attached to an aromatic ring is 1. The highest BCUT2D eigenvalue weighted by atomic mass is 35.5. The van der Waals surface area contributed by atoms with Crippen molar-refractivity contribution < 1.29 is 8.42 Å². The van der Waals surface area contributed by atoms with Crippen LogP contribution in [0.1, 0.15) is 5.56 Å². The van der Waals surface area contributed by atoms with Crippen LogP contribution < -0.4 is 10.5 Å². The molecule has 0 amide bonds. The van der Waals surface area contributed by atoms with E-state index in [1.54, 1.807) is 43.3 Å². The third kappa shape index (κ3) is 2.83. The number of nitrogens with one attached hydrogen (secondary N) is 1. The predicted octanol–water partition coefficient (Wildman–Crippen LogP) is 3.03. The summed E-state index contributed by atoms with van der Waals surface area (Å²) < 4.78 is 27.0. The molecule has 0 bridgehead atoms. The Kier molecular flexibility index (Phi) is 3.68. The van der Waals surface area contributed by atoms with Crippen LogP contribution in [0.3, 0.4) is 0 Å². The lowest BCUT2D eigenvalue weighted by Crippen LogP contribution is -2.15. The van der Waals surface area contributed by atoms with Crippen LogP contribution in [0.2, 0.25) is 5.02 Å². The van der Waals surface area contributed by atoms with Gasteiger partial charge in [-0.1, -0.05) is 29.8 Å². The van der Waals surface area contributed by atoms with E-state index in [0.717, 1.165) is 0 Å². The van der Waals surface area contributed by atoms with Crippen LogP contribution in [0, 0.1) is 6.92 Å². The molecular formula is C13H13ClN2O2S. The zero-order chi connectivity index (χ0) is 14.0. The number of hydrogen-bond donors (Lipinski definition) is 2. The predicted molar refractivity (Wildman–Crippen MR) is 77.9 cm³/mol. The van der Waals surface area contributed by atoms with E-state index in [9.17, 15) is 8.42 Å². The van der Waals surface area contributed by atoms with Crippen LogP contribution in [0.4, 0.5) is 11.4 Å². The first-order valence-electron chi connectivity index (χ1n) is 5.54. The SMILES string of the molecule is Cc1c(Cl)cccc1NS(=O)(=O)c1ccccc1N. The molecule has 4 nitrogen and oxygen atoms in total. The molecule has 0 unspecified atom stereocenters. The van der Waals surface area contributed by atoms with Gasteiger partial charge in [0.25, 0.3) is 10.0 Å². The third-order valence-corrected chi connectivity index (χ3v) is 4.57. The van der Waals surface area contributed by atoms with E-state index in [2.05, 4.69) is 4.72 Å². The lowest BCUT2D eigenvalue weighted by molar-refractivity contribution is 0.601. The number of sulfonamides is 1. The number of benzene rings is 2. The second-order valence-corrected chi connectivity index (χ2v) is 6.11. The van der Waals surface area contributed by atoms with Crippen molar-refractivity contribution in [3.05, 3.63) is 53.1 Å². The summed E-state index contributed by atoms with van der Waals surface area (Å²) in [4.78, 5) is 0.0503. The molecule has 3 N–H and O–H groups in total. The maximum absolute atomic E-state index is 12.3. The zero-order valence-corrected chi connectivity index (χ0v) is 11.8. The van der Waals surface area contributed by atoms with Crippen LogP contribution >= 0.6 is 11.6 Å². The number of hydrogen-bond acceptors (Lipinski definition) is 3. The smallest absolute Gasteiger partial charge is 0.263 e. The fourth-order valence-corrected chi connectivity index (χ4v) is 3.07. The second-order valence-electron chi connectivity index (χ2n) is 4.06. The zero-order valence-electron chi connectivity index (χ0n) is 10.2. The molecule has 2 aromatic carbocycles. The molecule has 0 aliphatic heterocycles. The van der Waals surface area contributed by atoms with E-state index < -0.39 is 10.0 Å². The van der Waals surface area contributed by atoms with Gasteiger partial charge in [0.15, 0.2) is 0 Å². The molecule has 0 aliphatic rings. The van der Waals surface area contributed by atoms with Crippen molar-refractivity contribution in [2.75, 3.05) is 10.5 Å². The van der Waals surface area contributed by atoms with Gasteiger partial charge in [0.05, 0.1) is 11.4 Å². The molecule has 0 aliphatic carbocycles. The number of anilines is 2. The van der Waals surface area contributed by atoms with Gasteiger partial charge in [-0.2, -0.15) is 0 Å². The molecule has 6 heteroatoms. The fourth-order valence-electron chi connectivity index (χ4n) is 1.64. The normalized spacial score (nSPS) is 11.3. The lowest BCUT2D eigenvalue weighted by atomic mass is 10.2. The van der Waals surface area contributed by atoms with E-state index in [1.165, 1.54) is 6.07 Å². The van der Waals surface area contributed by atoms with Crippen molar-refractivity contribution in [3.63, 3.8) is 0 Å². The highest BCUT2D eigenvalue weighted by Gasteiger charge is 2.18. The first-order valence-corrected chi connectivity index (χ1v) is 7.40. The monoisotopic (exact) mass is 296 g/mol.